The molecule has 0 spiro atoms. The van der Waals surface area contributed by atoms with Crippen LogP contribution in [0.3, 0.4) is 0 Å². The Morgan fingerprint density at radius 1 is 1.31 bits per heavy atom. The highest BCUT2D eigenvalue weighted by Gasteiger charge is 2.40. The van der Waals surface area contributed by atoms with Crippen LogP contribution in [0.2, 0.25) is 0 Å². The van der Waals surface area contributed by atoms with Crippen molar-refractivity contribution in [3.63, 3.8) is 0 Å². The summed E-state index contributed by atoms with van der Waals surface area (Å²) in [6.45, 7) is 3.73. The van der Waals surface area contributed by atoms with Gasteiger partial charge in [-0.3, -0.25) is 15.0 Å². The van der Waals surface area contributed by atoms with Crippen molar-refractivity contribution in [2.24, 2.45) is 0 Å². The van der Waals surface area contributed by atoms with Crippen LogP contribution in [0.15, 0.2) is 30.3 Å². The Kier molecular flexibility index (Phi) is 2.42. The Bertz CT molecular complexity index is 426. The van der Waals surface area contributed by atoms with Crippen LogP contribution in [-0.4, -0.2) is 22.4 Å². The van der Waals surface area contributed by atoms with Gasteiger partial charge in [0, 0.05) is 5.56 Å². The van der Waals surface area contributed by atoms with E-state index in [-0.39, 0.29) is 11.8 Å². The van der Waals surface area contributed by atoms with E-state index in [1.807, 2.05) is 19.9 Å². The highest BCUT2D eigenvalue weighted by molar-refractivity contribution is 5.97. The first kappa shape index (κ1) is 10.7. The van der Waals surface area contributed by atoms with Gasteiger partial charge >= 0.3 is 0 Å². The Morgan fingerprint density at radius 2 is 1.94 bits per heavy atom. The monoisotopic (exact) mass is 218 g/mol. The Morgan fingerprint density at radius 3 is 2.44 bits per heavy atom. The van der Waals surface area contributed by atoms with Crippen LogP contribution >= 0.6 is 0 Å². The van der Waals surface area contributed by atoms with Gasteiger partial charge in [-0.15, -0.1) is 0 Å². The van der Waals surface area contributed by atoms with Crippen molar-refractivity contribution in [3.05, 3.63) is 35.9 Å². The molecule has 1 aliphatic rings. The second-order valence-corrected chi connectivity index (χ2v) is 4.53. The zero-order valence-corrected chi connectivity index (χ0v) is 9.36. The molecule has 0 radical (unpaired) electrons. The summed E-state index contributed by atoms with van der Waals surface area (Å²) >= 11 is 0. The lowest BCUT2D eigenvalue weighted by molar-refractivity contribution is -0.120. The maximum atomic E-state index is 12.1. The smallest absolute Gasteiger partial charge is 0.272 e. The molecular formula is C12H14N2O2. The van der Waals surface area contributed by atoms with Crippen LogP contribution in [0.1, 0.15) is 30.6 Å². The van der Waals surface area contributed by atoms with E-state index in [1.54, 1.807) is 24.3 Å². The molecular weight excluding hydrogens is 204 g/mol. The first-order chi connectivity index (χ1) is 7.50. The van der Waals surface area contributed by atoms with Crippen LogP contribution in [-0.2, 0) is 4.79 Å². The predicted octanol–water partition coefficient (Wildman–Crippen LogP) is 1.34. The normalized spacial score (nSPS) is 18.4. The van der Waals surface area contributed by atoms with Gasteiger partial charge in [-0.1, -0.05) is 18.2 Å². The zero-order chi connectivity index (χ0) is 11.8. The number of carbonyl (C=O) groups is 2. The van der Waals surface area contributed by atoms with Crippen molar-refractivity contribution in [2.75, 3.05) is 0 Å². The van der Waals surface area contributed by atoms with Crippen molar-refractivity contribution in [1.82, 2.24) is 10.4 Å². The molecule has 16 heavy (non-hydrogen) atoms. The highest BCUT2D eigenvalue weighted by Crippen LogP contribution is 2.24. The summed E-state index contributed by atoms with van der Waals surface area (Å²) in [5, 5.41) is 1.41. The number of nitrogens with one attached hydrogen (secondary N) is 1. The molecule has 2 amide bonds. The van der Waals surface area contributed by atoms with Crippen LogP contribution in [0.25, 0.3) is 0 Å². The van der Waals surface area contributed by atoms with Crippen molar-refractivity contribution in [3.8, 4) is 0 Å². The second kappa shape index (κ2) is 3.63. The molecule has 0 aliphatic carbocycles. The van der Waals surface area contributed by atoms with Crippen LogP contribution in [0.5, 0.6) is 0 Å². The van der Waals surface area contributed by atoms with E-state index in [0.29, 0.717) is 12.0 Å². The van der Waals surface area contributed by atoms with E-state index in [4.69, 9.17) is 0 Å². The molecule has 4 heteroatoms. The largest absolute Gasteiger partial charge is 0.273 e. The molecule has 1 aromatic rings. The van der Waals surface area contributed by atoms with E-state index >= 15 is 0 Å². The molecule has 0 atom stereocenters. The summed E-state index contributed by atoms with van der Waals surface area (Å²) in [7, 11) is 0. The van der Waals surface area contributed by atoms with E-state index in [1.165, 1.54) is 5.01 Å². The maximum absolute atomic E-state index is 12.1. The molecule has 1 N–H and O–H groups in total. The molecule has 0 saturated carbocycles. The van der Waals surface area contributed by atoms with Gasteiger partial charge in [-0.2, -0.15) is 0 Å². The number of nitrogens with zero attached hydrogens (tertiary/aromatic N) is 1. The van der Waals surface area contributed by atoms with Gasteiger partial charge in [0.15, 0.2) is 0 Å². The van der Waals surface area contributed by atoms with E-state index in [2.05, 4.69) is 5.43 Å². The fourth-order valence-corrected chi connectivity index (χ4v) is 1.82. The third-order valence-corrected chi connectivity index (χ3v) is 2.66. The minimum absolute atomic E-state index is 0.116. The average Bonchev–Trinajstić information content (AvgIpc) is 2.52. The number of amides is 2. The van der Waals surface area contributed by atoms with Crippen molar-refractivity contribution in [2.45, 2.75) is 25.8 Å². The fraction of sp³-hybridized carbons (Fsp3) is 0.333. The summed E-state index contributed by atoms with van der Waals surface area (Å²) in [5.74, 6) is -0.286. The van der Waals surface area contributed by atoms with Gasteiger partial charge in [-0.05, 0) is 26.0 Å². The summed E-state index contributed by atoms with van der Waals surface area (Å²) < 4.78 is 0. The number of benzene rings is 1. The Hall–Kier alpha value is -1.84. The van der Waals surface area contributed by atoms with Gasteiger partial charge < -0.3 is 0 Å². The minimum atomic E-state index is -0.468. The van der Waals surface area contributed by atoms with Gasteiger partial charge in [0.2, 0.25) is 5.91 Å². The van der Waals surface area contributed by atoms with E-state index < -0.39 is 5.54 Å². The maximum Gasteiger partial charge on any atom is 0.272 e. The number of rotatable bonds is 1. The molecule has 0 bridgehead atoms. The van der Waals surface area contributed by atoms with Crippen molar-refractivity contribution >= 4 is 11.8 Å². The van der Waals surface area contributed by atoms with E-state index in [0.717, 1.165) is 0 Å². The van der Waals surface area contributed by atoms with Gasteiger partial charge in [0.05, 0.1) is 12.0 Å². The molecule has 4 nitrogen and oxygen atoms in total. The van der Waals surface area contributed by atoms with E-state index in [9.17, 15) is 9.59 Å². The molecule has 1 aliphatic heterocycles. The predicted molar refractivity (Wildman–Crippen MR) is 59.5 cm³/mol. The SMILES string of the molecule is CC1(C)CC(=O)NN1C(=O)c1ccccc1. The topological polar surface area (TPSA) is 49.4 Å². The number of hydrazine groups is 1. The summed E-state index contributed by atoms with van der Waals surface area (Å²) in [6, 6.07) is 8.94. The van der Waals surface area contributed by atoms with Gasteiger partial charge in [0.1, 0.15) is 0 Å². The molecule has 2 rings (SSSR count). The lowest BCUT2D eigenvalue weighted by Gasteiger charge is -2.29. The lowest BCUT2D eigenvalue weighted by Crippen LogP contribution is -2.48. The van der Waals surface area contributed by atoms with Crippen LogP contribution < -0.4 is 5.43 Å². The quantitative estimate of drug-likeness (QED) is 0.773. The average molecular weight is 218 g/mol. The molecule has 1 heterocycles. The lowest BCUT2D eigenvalue weighted by atomic mass is 10.0. The van der Waals surface area contributed by atoms with Crippen molar-refractivity contribution in [1.29, 1.82) is 0 Å². The summed E-state index contributed by atoms with van der Waals surface area (Å²) in [6.07, 6.45) is 0.339. The zero-order valence-electron chi connectivity index (χ0n) is 9.36. The molecule has 1 aromatic carbocycles. The second-order valence-electron chi connectivity index (χ2n) is 4.53. The molecule has 84 valence electrons. The summed E-state index contributed by atoms with van der Waals surface area (Å²) in [5.41, 5.74) is 2.70. The van der Waals surface area contributed by atoms with Crippen molar-refractivity contribution < 1.29 is 9.59 Å². The third-order valence-electron chi connectivity index (χ3n) is 2.66. The third kappa shape index (κ3) is 1.78. The molecule has 0 aromatic heterocycles. The minimum Gasteiger partial charge on any atom is -0.273 e. The number of hydrogen-bond donors (Lipinski definition) is 1. The van der Waals surface area contributed by atoms with Crippen LogP contribution in [0.4, 0.5) is 0 Å². The fourth-order valence-electron chi connectivity index (χ4n) is 1.82. The molecule has 1 fully saturated rings. The molecule has 1 saturated heterocycles. The standard InChI is InChI=1S/C12H14N2O2/c1-12(2)8-10(15)13-14(12)11(16)9-6-4-3-5-7-9/h3-7H,8H2,1-2H3,(H,13,15). The number of carbonyl (C=O) groups excluding carboxylic acids is 2. The first-order valence-corrected chi connectivity index (χ1v) is 5.20. The number of hydrogen-bond acceptors (Lipinski definition) is 2. The van der Waals surface area contributed by atoms with Gasteiger partial charge in [0.25, 0.3) is 5.91 Å². The Balaban J connectivity index is 2.27. The van der Waals surface area contributed by atoms with Crippen LogP contribution in [0, 0.1) is 0 Å². The molecule has 0 unspecified atom stereocenters. The first-order valence-electron chi connectivity index (χ1n) is 5.20. The summed E-state index contributed by atoms with van der Waals surface area (Å²) in [4.78, 5) is 23.4. The van der Waals surface area contributed by atoms with Gasteiger partial charge in [-0.25, -0.2) is 5.01 Å². The Labute approximate surface area is 94.2 Å². The highest BCUT2D eigenvalue weighted by atomic mass is 16.2.